The molecule has 0 saturated carbocycles. The van der Waals surface area contributed by atoms with Crippen molar-refractivity contribution in [1.82, 2.24) is 9.97 Å². The van der Waals surface area contributed by atoms with Crippen LogP contribution in [0.5, 0.6) is 0 Å². The summed E-state index contributed by atoms with van der Waals surface area (Å²) < 4.78 is 0. The van der Waals surface area contributed by atoms with Gasteiger partial charge in [-0.1, -0.05) is 156 Å². The van der Waals surface area contributed by atoms with Crippen LogP contribution in [0.2, 0.25) is 0 Å². The quantitative estimate of drug-likeness (QED) is 0.138. The van der Waals surface area contributed by atoms with Crippen molar-refractivity contribution in [1.29, 1.82) is 0 Å². The van der Waals surface area contributed by atoms with Crippen molar-refractivity contribution in [2.45, 2.75) is 0 Å². The summed E-state index contributed by atoms with van der Waals surface area (Å²) in [6.07, 6.45) is 0. The zero-order valence-corrected chi connectivity index (χ0v) is 27.0. The molecule has 0 unspecified atom stereocenters. The van der Waals surface area contributed by atoms with E-state index in [0.29, 0.717) is 0 Å². The maximum absolute atomic E-state index is 5.24. The van der Waals surface area contributed by atoms with E-state index in [-0.39, 0.29) is 0 Å². The molecule has 4 heteroatoms. The Kier molecular flexibility index (Phi) is 4.77. The number of rotatable bonds is 2. The molecule has 0 N–H and O–H groups in total. The Balaban J connectivity index is 1.05. The molecule has 10 aromatic carbocycles. The molecule has 0 amide bonds. The largest absolute Gasteiger partial charge is 0.223 e. The molecular formula is C44H22N2S2. The Morgan fingerprint density at radius 1 is 0.292 bits per heavy atom. The molecule has 12 aromatic rings. The van der Waals surface area contributed by atoms with Crippen molar-refractivity contribution in [3.63, 3.8) is 0 Å². The van der Waals surface area contributed by atoms with Gasteiger partial charge in [0.1, 0.15) is 10.0 Å². The molecular weight excluding hydrogens is 621 g/mol. The average Bonchev–Trinajstić information content (AvgIpc) is 3.72. The fraction of sp³-hybridized carbons (Fsp3) is 0. The second-order valence-corrected chi connectivity index (χ2v) is 14.8. The number of hydrogen-bond acceptors (Lipinski definition) is 4. The molecule has 12 rings (SSSR count). The van der Waals surface area contributed by atoms with Crippen LogP contribution < -0.4 is 0 Å². The van der Waals surface area contributed by atoms with Crippen LogP contribution in [0.1, 0.15) is 0 Å². The van der Waals surface area contributed by atoms with E-state index in [4.69, 9.17) is 9.97 Å². The van der Waals surface area contributed by atoms with Gasteiger partial charge < -0.3 is 0 Å². The first-order valence-corrected chi connectivity index (χ1v) is 17.9. The van der Waals surface area contributed by atoms with Crippen molar-refractivity contribution in [3.8, 4) is 21.1 Å². The number of benzene rings is 10. The highest BCUT2D eigenvalue weighted by molar-refractivity contribution is 7.29. The Labute approximate surface area is 281 Å². The smallest absolute Gasteiger partial charge is 0.155 e. The third kappa shape index (κ3) is 3.17. The van der Waals surface area contributed by atoms with E-state index in [1.807, 2.05) is 0 Å². The van der Waals surface area contributed by atoms with Crippen LogP contribution in [0.15, 0.2) is 133 Å². The van der Waals surface area contributed by atoms with E-state index in [1.54, 1.807) is 22.7 Å². The predicted molar refractivity (Wildman–Crippen MR) is 209 cm³/mol. The van der Waals surface area contributed by atoms with Crippen molar-refractivity contribution in [3.05, 3.63) is 133 Å². The van der Waals surface area contributed by atoms with E-state index in [0.717, 1.165) is 19.7 Å². The summed E-state index contributed by atoms with van der Waals surface area (Å²) in [6.45, 7) is 0. The lowest BCUT2D eigenvalue weighted by molar-refractivity contribution is 1.50. The van der Waals surface area contributed by atoms with E-state index in [9.17, 15) is 0 Å². The van der Waals surface area contributed by atoms with Gasteiger partial charge in [0.05, 0.1) is 0 Å². The van der Waals surface area contributed by atoms with Gasteiger partial charge in [0.2, 0.25) is 0 Å². The maximum Gasteiger partial charge on any atom is 0.155 e. The minimum Gasteiger partial charge on any atom is -0.223 e. The molecule has 0 aliphatic carbocycles. The summed E-state index contributed by atoms with van der Waals surface area (Å²) >= 11 is 3.40. The molecule has 0 atom stereocenters. The Bertz CT molecular complexity index is 2940. The molecule has 2 nitrogen and oxygen atoms in total. The molecule has 2 aromatic heterocycles. The van der Waals surface area contributed by atoms with Crippen molar-refractivity contribution >= 4 is 119 Å². The molecule has 0 saturated heterocycles. The second-order valence-electron chi connectivity index (χ2n) is 12.8. The topological polar surface area (TPSA) is 25.8 Å². The summed E-state index contributed by atoms with van der Waals surface area (Å²) in [4.78, 5) is 12.5. The minimum atomic E-state index is 0.996. The summed E-state index contributed by atoms with van der Waals surface area (Å²) in [5.41, 5.74) is 2.35. The zero-order valence-electron chi connectivity index (χ0n) is 25.4. The van der Waals surface area contributed by atoms with E-state index in [1.165, 1.54) is 97.3 Å². The third-order valence-corrected chi connectivity index (χ3v) is 12.6. The Hall–Kier alpha value is -5.68. The highest BCUT2D eigenvalue weighted by Crippen LogP contribution is 2.47. The molecule has 0 bridgehead atoms. The van der Waals surface area contributed by atoms with Crippen LogP contribution in [0, 0.1) is 0 Å². The first kappa shape index (κ1) is 25.4. The lowest BCUT2D eigenvalue weighted by Gasteiger charge is -2.15. The molecule has 0 aliphatic rings. The van der Waals surface area contributed by atoms with Crippen LogP contribution in [0.25, 0.3) is 117 Å². The molecule has 0 spiro atoms. The normalized spacial score (nSPS) is 12.6. The number of aromatic nitrogens is 2. The molecule has 0 fully saturated rings. The van der Waals surface area contributed by atoms with Crippen LogP contribution in [0.3, 0.4) is 0 Å². The van der Waals surface area contributed by atoms with Gasteiger partial charge in [-0.05, 0) is 86.2 Å². The molecule has 0 radical (unpaired) electrons. The van der Waals surface area contributed by atoms with Gasteiger partial charge in [-0.2, -0.15) is 0 Å². The summed E-state index contributed by atoms with van der Waals surface area (Å²) in [6, 6.07) is 49.2. The molecule has 0 aliphatic heterocycles. The highest BCUT2D eigenvalue weighted by Gasteiger charge is 2.20. The maximum atomic E-state index is 5.24. The zero-order chi connectivity index (χ0) is 31.1. The number of nitrogens with zero attached hydrogens (tertiary/aromatic N) is 2. The van der Waals surface area contributed by atoms with Crippen LogP contribution in [-0.4, -0.2) is 9.97 Å². The summed E-state index contributed by atoms with van der Waals surface area (Å²) in [5, 5.41) is 22.9. The van der Waals surface area contributed by atoms with Gasteiger partial charge in [0.15, 0.2) is 9.66 Å². The number of fused-ring (bicyclic) bond motifs is 5. The van der Waals surface area contributed by atoms with E-state index >= 15 is 0 Å². The van der Waals surface area contributed by atoms with Crippen molar-refractivity contribution < 1.29 is 0 Å². The second kappa shape index (κ2) is 9.02. The number of thiazole rings is 2. The van der Waals surface area contributed by atoms with Gasteiger partial charge in [-0.25, -0.2) is 9.97 Å². The van der Waals surface area contributed by atoms with Gasteiger partial charge >= 0.3 is 0 Å². The SMILES string of the molecule is c1cc2cccc3c4ccc(-c5nc6sc(-c7ccc8c9cccc%10cccc(c%11cccc7c%118)c%109)nc6s5)c5cccc(c(c1)c23)c54. The van der Waals surface area contributed by atoms with Gasteiger partial charge in [0.25, 0.3) is 0 Å². The first-order chi connectivity index (χ1) is 23.8. The minimum absolute atomic E-state index is 0.996. The Morgan fingerprint density at radius 2 is 0.604 bits per heavy atom. The molecule has 220 valence electrons. The standard InChI is InChI=1S/C44H22N2S2/c1-7-23-9-3-13-27-33-19-21-35(31-17-5-15-29(39(31)33)25(11-1)37(23)27)41-45-43-44(47-41)46-42(48-43)36-22-20-34-28-14-4-10-24-8-2-12-26(38(24)28)30-16-6-18-32(36)40(30)34/h1-22H. The van der Waals surface area contributed by atoms with Crippen molar-refractivity contribution in [2.24, 2.45) is 0 Å². The van der Waals surface area contributed by atoms with E-state index in [2.05, 4.69) is 133 Å². The lowest BCUT2D eigenvalue weighted by Crippen LogP contribution is -1.89. The van der Waals surface area contributed by atoms with Crippen LogP contribution in [0.4, 0.5) is 0 Å². The van der Waals surface area contributed by atoms with Gasteiger partial charge in [-0.15, -0.1) is 0 Å². The van der Waals surface area contributed by atoms with Crippen LogP contribution >= 0.6 is 22.7 Å². The number of hydrogen-bond donors (Lipinski definition) is 0. The summed E-state index contributed by atoms with van der Waals surface area (Å²) in [5.74, 6) is 0. The Morgan fingerprint density at radius 3 is 1.00 bits per heavy atom. The predicted octanol–water partition coefficient (Wildman–Crippen LogP) is 13.2. The van der Waals surface area contributed by atoms with Gasteiger partial charge in [0, 0.05) is 11.1 Å². The fourth-order valence-electron chi connectivity index (χ4n) is 8.54. The van der Waals surface area contributed by atoms with Gasteiger partial charge in [-0.3, -0.25) is 0 Å². The molecule has 48 heavy (non-hydrogen) atoms. The first-order valence-electron chi connectivity index (χ1n) is 16.2. The highest BCUT2D eigenvalue weighted by atomic mass is 32.1. The third-order valence-electron chi connectivity index (χ3n) is 10.5. The van der Waals surface area contributed by atoms with Crippen LogP contribution in [-0.2, 0) is 0 Å². The van der Waals surface area contributed by atoms with Crippen molar-refractivity contribution in [2.75, 3.05) is 0 Å². The monoisotopic (exact) mass is 642 g/mol. The lowest BCUT2D eigenvalue weighted by atomic mass is 9.88. The summed E-state index contributed by atoms with van der Waals surface area (Å²) in [7, 11) is 0. The van der Waals surface area contributed by atoms with E-state index < -0.39 is 0 Å². The molecule has 2 heterocycles. The fourth-order valence-corrected chi connectivity index (χ4v) is 10.7. The average molecular weight is 643 g/mol.